The van der Waals surface area contributed by atoms with Gasteiger partial charge in [-0.2, -0.15) is 0 Å². The average molecular weight is 226 g/mol. The molecule has 1 heteroatoms. The smallest absolute Gasteiger partial charge is 0.0494 e. The second-order valence-electron chi connectivity index (χ2n) is 4.69. The molecule has 16 heavy (non-hydrogen) atoms. The van der Waals surface area contributed by atoms with Crippen LogP contribution >= 0.6 is 0 Å². The molecule has 0 N–H and O–H groups in total. The van der Waals surface area contributed by atoms with E-state index in [2.05, 4.69) is 33.8 Å². The van der Waals surface area contributed by atoms with Crippen molar-refractivity contribution in [3.8, 4) is 0 Å². The van der Waals surface area contributed by atoms with E-state index >= 15 is 0 Å². The molecule has 1 atom stereocenters. The highest BCUT2D eigenvalue weighted by atomic mass is 16.5. The quantitative estimate of drug-likeness (QED) is 0.377. The second kappa shape index (κ2) is 11.2. The van der Waals surface area contributed by atoms with Crippen LogP contribution in [-0.2, 0) is 4.74 Å². The van der Waals surface area contributed by atoms with E-state index in [9.17, 15) is 0 Å². The molecule has 96 valence electrons. The fraction of sp³-hybridized carbons (Fsp3) is 0.867. The van der Waals surface area contributed by atoms with Gasteiger partial charge in [0.2, 0.25) is 0 Å². The van der Waals surface area contributed by atoms with Crippen molar-refractivity contribution in [2.24, 2.45) is 5.92 Å². The van der Waals surface area contributed by atoms with Crippen LogP contribution in [0.2, 0.25) is 0 Å². The summed E-state index contributed by atoms with van der Waals surface area (Å²) in [5.74, 6) is 0.765. The fourth-order valence-electron chi connectivity index (χ4n) is 1.85. The topological polar surface area (TPSA) is 9.23 Å². The van der Waals surface area contributed by atoms with E-state index in [1.165, 1.54) is 44.1 Å². The highest BCUT2D eigenvalue weighted by molar-refractivity contribution is 4.95. The first-order chi connectivity index (χ1) is 7.74. The van der Waals surface area contributed by atoms with Crippen molar-refractivity contribution < 1.29 is 4.74 Å². The Morgan fingerprint density at radius 1 is 1.19 bits per heavy atom. The Kier molecular flexibility index (Phi) is 11.0. The first-order valence-corrected chi connectivity index (χ1v) is 6.94. The van der Waals surface area contributed by atoms with Gasteiger partial charge in [0.1, 0.15) is 0 Å². The molecule has 0 saturated carbocycles. The molecule has 0 spiro atoms. The number of unbranched alkanes of at least 4 members (excludes halogenated alkanes) is 2. The summed E-state index contributed by atoms with van der Waals surface area (Å²) in [5, 5.41) is 0. The van der Waals surface area contributed by atoms with Crippen LogP contribution < -0.4 is 0 Å². The van der Waals surface area contributed by atoms with Gasteiger partial charge in [-0.3, -0.25) is 0 Å². The Morgan fingerprint density at radius 3 is 2.50 bits per heavy atom. The highest BCUT2D eigenvalue weighted by Crippen LogP contribution is 2.19. The van der Waals surface area contributed by atoms with Crippen LogP contribution in [0.5, 0.6) is 0 Å². The number of rotatable bonds is 10. The third kappa shape index (κ3) is 8.96. The van der Waals surface area contributed by atoms with Crippen molar-refractivity contribution in [1.29, 1.82) is 0 Å². The zero-order valence-electron chi connectivity index (χ0n) is 11.7. The molecule has 0 aliphatic rings. The number of hydrogen-bond acceptors (Lipinski definition) is 1. The van der Waals surface area contributed by atoms with Gasteiger partial charge in [-0.25, -0.2) is 0 Å². The fourth-order valence-corrected chi connectivity index (χ4v) is 1.85. The molecule has 0 aromatic carbocycles. The number of allylic oxidation sites excluding steroid dienone is 2. The second-order valence-corrected chi connectivity index (χ2v) is 4.69. The van der Waals surface area contributed by atoms with Gasteiger partial charge in [-0.05, 0) is 46.0 Å². The van der Waals surface area contributed by atoms with E-state index in [-0.39, 0.29) is 0 Å². The van der Waals surface area contributed by atoms with Crippen LogP contribution in [0.3, 0.4) is 0 Å². The number of ether oxygens (including phenoxy) is 1. The monoisotopic (exact) mass is 226 g/mol. The van der Waals surface area contributed by atoms with Gasteiger partial charge in [0, 0.05) is 13.2 Å². The van der Waals surface area contributed by atoms with Crippen molar-refractivity contribution >= 4 is 0 Å². The lowest BCUT2D eigenvalue weighted by Crippen LogP contribution is -2.10. The molecule has 0 amide bonds. The van der Waals surface area contributed by atoms with Gasteiger partial charge in [0.25, 0.3) is 0 Å². The Morgan fingerprint density at radius 2 is 1.94 bits per heavy atom. The van der Waals surface area contributed by atoms with E-state index in [4.69, 9.17) is 4.74 Å². The minimum absolute atomic E-state index is 0.765. The number of hydrogen-bond donors (Lipinski definition) is 0. The normalized spacial score (nSPS) is 14.1. The third-order valence-corrected chi connectivity index (χ3v) is 3.21. The molecule has 0 bridgehead atoms. The summed E-state index contributed by atoms with van der Waals surface area (Å²) in [6.45, 7) is 10.5. The zero-order chi connectivity index (χ0) is 12.2. The van der Waals surface area contributed by atoms with Crippen LogP contribution in [0.15, 0.2) is 11.6 Å². The van der Waals surface area contributed by atoms with Crippen molar-refractivity contribution in [3.05, 3.63) is 11.6 Å². The molecule has 1 unspecified atom stereocenters. The van der Waals surface area contributed by atoms with Gasteiger partial charge in [0.05, 0.1) is 0 Å². The van der Waals surface area contributed by atoms with Crippen LogP contribution in [0.1, 0.15) is 66.2 Å². The molecule has 0 radical (unpaired) electrons. The van der Waals surface area contributed by atoms with Crippen LogP contribution in [-0.4, -0.2) is 13.2 Å². The lowest BCUT2D eigenvalue weighted by Gasteiger charge is -2.16. The molecule has 0 aromatic rings. The molecule has 0 rings (SSSR count). The summed E-state index contributed by atoms with van der Waals surface area (Å²) >= 11 is 0. The summed E-state index contributed by atoms with van der Waals surface area (Å²) in [7, 11) is 0. The maximum absolute atomic E-state index is 5.57. The standard InChI is InChI=1S/C15H30O/c1-5-8-9-10-15(13-16-7-3)12-11-14(4)6-2/h6,15H,5,7-13H2,1-4H3. The Hall–Kier alpha value is -0.300. The van der Waals surface area contributed by atoms with Crippen LogP contribution in [0.4, 0.5) is 0 Å². The first kappa shape index (κ1) is 15.7. The highest BCUT2D eigenvalue weighted by Gasteiger charge is 2.08. The van der Waals surface area contributed by atoms with Gasteiger partial charge >= 0.3 is 0 Å². The van der Waals surface area contributed by atoms with Gasteiger partial charge in [-0.1, -0.05) is 37.8 Å². The van der Waals surface area contributed by atoms with Crippen molar-refractivity contribution in [1.82, 2.24) is 0 Å². The Balaban J connectivity index is 3.79. The molecule has 1 nitrogen and oxygen atoms in total. The van der Waals surface area contributed by atoms with E-state index in [1.54, 1.807) is 0 Å². The SMILES string of the molecule is CC=C(C)CCC(CCCCC)COCC. The molecule has 0 saturated heterocycles. The summed E-state index contributed by atoms with van der Waals surface area (Å²) in [6.07, 6.45) is 10.1. The predicted molar refractivity (Wildman–Crippen MR) is 72.8 cm³/mol. The molecule has 0 fully saturated rings. The molecular weight excluding hydrogens is 196 g/mol. The van der Waals surface area contributed by atoms with Gasteiger partial charge in [0.15, 0.2) is 0 Å². The first-order valence-electron chi connectivity index (χ1n) is 6.94. The summed E-state index contributed by atoms with van der Waals surface area (Å²) in [5.41, 5.74) is 1.51. The average Bonchev–Trinajstić information content (AvgIpc) is 2.31. The van der Waals surface area contributed by atoms with E-state index in [1.807, 2.05) is 0 Å². The Labute approximate surface area is 102 Å². The molecule has 0 aliphatic carbocycles. The minimum Gasteiger partial charge on any atom is -0.381 e. The van der Waals surface area contributed by atoms with Gasteiger partial charge in [-0.15, -0.1) is 0 Å². The molecule has 0 heterocycles. The lowest BCUT2D eigenvalue weighted by molar-refractivity contribution is 0.102. The van der Waals surface area contributed by atoms with E-state index in [0.717, 1.165) is 19.1 Å². The molecular formula is C15H30O. The largest absolute Gasteiger partial charge is 0.381 e. The minimum atomic E-state index is 0.765. The summed E-state index contributed by atoms with van der Waals surface area (Å²) in [6, 6.07) is 0. The van der Waals surface area contributed by atoms with Gasteiger partial charge < -0.3 is 4.74 Å². The van der Waals surface area contributed by atoms with Crippen LogP contribution in [0, 0.1) is 5.92 Å². The third-order valence-electron chi connectivity index (χ3n) is 3.21. The lowest BCUT2D eigenvalue weighted by atomic mass is 9.95. The summed E-state index contributed by atoms with van der Waals surface area (Å²) < 4.78 is 5.57. The van der Waals surface area contributed by atoms with E-state index < -0.39 is 0 Å². The Bertz CT molecular complexity index is 172. The van der Waals surface area contributed by atoms with Crippen molar-refractivity contribution in [2.45, 2.75) is 66.2 Å². The maximum Gasteiger partial charge on any atom is 0.0494 e. The predicted octanol–water partition coefficient (Wildman–Crippen LogP) is 4.97. The zero-order valence-corrected chi connectivity index (χ0v) is 11.7. The molecule has 0 aliphatic heterocycles. The summed E-state index contributed by atoms with van der Waals surface area (Å²) in [4.78, 5) is 0. The van der Waals surface area contributed by atoms with Crippen LogP contribution in [0.25, 0.3) is 0 Å². The van der Waals surface area contributed by atoms with Crippen molar-refractivity contribution in [2.75, 3.05) is 13.2 Å². The maximum atomic E-state index is 5.57. The van der Waals surface area contributed by atoms with Crippen molar-refractivity contribution in [3.63, 3.8) is 0 Å². The van der Waals surface area contributed by atoms with E-state index in [0.29, 0.717) is 0 Å². The molecule has 0 aromatic heterocycles.